The minimum Gasteiger partial charge on any atom is -0.478 e. The Labute approximate surface area is 94.6 Å². The Kier molecular flexibility index (Phi) is 5.05. The first-order chi connectivity index (χ1) is 7.74. The highest BCUT2D eigenvalue weighted by Crippen LogP contribution is 2.08. The first-order valence-corrected chi connectivity index (χ1v) is 5.17. The zero-order chi connectivity index (χ0) is 11.8. The first kappa shape index (κ1) is 12.2. The molecule has 0 bridgehead atoms. The molecule has 1 aromatic rings. The fourth-order valence-electron chi connectivity index (χ4n) is 1.16. The second kappa shape index (κ2) is 6.61. The largest absolute Gasteiger partial charge is 0.478 e. The summed E-state index contributed by atoms with van der Waals surface area (Å²) in [5.74, 6) is -0.520. The van der Waals surface area contributed by atoms with Crippen LogP contribution in [0.15, 0.2) is 31.0 Å². The quantitative estimate of drug-likeness (QED) is 0.567. The van der Waals surface area contributed by atoms with Crippen molar-refractivity contribution < 1.29 is 14.6 Å². The molecule has 4 heteroatoms. The summed E-state index contributed by atoms with van der Waals surface area (Å²) in [6.45, 7) is 4.22. The molecule has 0 saturated carbocycles. The topological polar surface area (TPSA) is 59.4 Å². The number of unbranched alkanes of at least 4 members (excludes halogenated alkanes) is 2. The van der Waals surface area contributed by atoms with Gasteiger partial charge < -0.3 is 9.84 Å². The average Bonchev–Trinajstić information content (AvgIpc) is 2.29. The number of aromatic nitrogens is 1. The van der Waals surface area contributed by atoms with Gasteiger partial charge in [-0.1, -0.05) is 6.08 Å². The number of hydrogen-bond donors (Lipinski definition) is 1. The van der Waals surface area contributed by atoms with Crippen molar-refractivity contribution >= 4 is 5.97 Å². The average molecular weight is 221 g/mol. The van der Waals surface area contributed by atoms with E-state index in [1.54, 1.807) is 6.07 Å². The van der Waals surface area contributed by atoms with Crippen molar-refractivity contribution in [3.8, 4) is 5.88 Å². The fraction of sp³-hybridized carbons (Fsp3) is 0.333. The molecule has 1 aromatic heterocycles. The molecule has 0 unspecified atom stereocenters. The number of carboxylic acids is 1. The number of aromatic carboxylic acids is 1. The molecule has 1 rings (SSSR count). The van der Waals surface area contributed by atoms with Crippen LogP contribution in [-0.2, 0) is 0 Å². The Morgan fingerprint density at radius 3 is 2.88 bits per heavy atom. The van der Waals surface area contributed by atoms with Crippen molar-refractivity contribution in [2.24, 2.45) is 0 Å². The van der Waals surface area contributed by atoms with Crippen LogP contribution in [0.1, 0.15) is 29.6 Å². The van der Waals surface area contributed by atoms with E-state index in [0.29, 0.717) is 12.5 Å². The van der Waals surface area contributed by atoms with E-state index in [1.165, 1.54) is 12.3 Å². The number of nitrogens with zero attached hydrogens (tertiary/aromatic N) is 1. The van der Waals surface area contributed by atoms with Gasteiger partial charge in [-0.15, -0.1) is 6.58 Å². The lowest BCUT2D eigenvalue weighted by Gasteiger charge is -2.04. The van der Waals surface area contributed by atoms with Crippen LogP contribution in [-0.4, -0.2) is 22.7 Å². The Hall–Kier alpha value is -1.84. The summed E-state index contributed by atoms with van der Waals surface area (Å²) in [5, 5.41) is 8.66. The molecule has 1 N–H and O–H groups in total. The summed E-state index contributed by atoms with van der Waals surface area (Å²) in [6, 6.07) is 3.05. The van der Waals surface area contributed by atoms with E-state index in [0.717, 1.165) is 19.3 Å². The van der Waals surface area contributed by atoms with Gasteiger partial charge in [-0.05, 0) is 25.3 Å². The van der Waals surface area contributed by atoms with Crippen LogP contribution >= 0.6 is 0 Å². The third kappa shape index (κ3) is 4.13. The van der Waals surface area contributed by atoms with Gasteiger partial charge in [0.2, 0.25) is 5.88 Å². The predicted molar refractivity (Wildman–Crippen MR) is 60.7 cm³/mol. The fourth-order valence-corrected chi connectivity index (χ4v) is 1.16. The monoisotopic (exact) mass is 221 g/mol. The molecule has 0 saturated heterocycles. The van der Waals surface area contributed by atoms with Gasteiger partial charge in [0, 0.05) is 12.3 Å². The molecule has 0 aromatic carbocycles. The minimum atomic E-state index is -0.981. The summed E-state index contributed by atoms with van der Waals surface area (Å²) in [6.07, 6.45) is 6.13. The van der Waals surface area contributed by atoms with Crippen LogP contribution in [0.3, 0.4) is 0 Å². The maximum absolute atomic E-state index is 10.6. The van der Waals surface area contributed by atoms with E-state index in [4.69, 9.17) is 9.84 Å². The Balaban J connectivity index is 2.32. The highest BCUT2D eigenvalue weighted by atomic mass is 16.5. The predicted octanol–water partition coefficient (Wildman–Crippen LogP) is 2.51. The second-order valence-corrected chi connectivity index (χ2v) is 3.32. The minimum absolute atomic E-state index is 0.166. The van der Waals surface area contributed by atoms with Gasteiger partial charge in [-0.25, -0.2) is 9.78 Å². The molecule has 16 heavy (non-hydrogen) atoms. The van der Waals surface area contributed by atoms with Crippen LogP contribution in [0.5, 0.6) is 5.88 Å². The van der Waals surface area contributed by atoms with Crippen LogP contribution in [0, 0.1) is 0 Å². The number of ether oxygens (including phenoxy) is 1. The second-order valence-electron chi connectivity index (χ2n) is 3.32. The molecule has 4 nitrogen and oxygen atoms in total. The Morgan fingerprint density at radius 2 is 2.31 bits per heavy atom. The van der Waals surface area contributed by atoms with Crippen molar-refractivity contribution in [2.75, 3.05) is 6.61 Å². The lowest BCUT2D eigenvalue weighted by atomic mass is 10.2. The van der Waals surface area contributed by atoms with E-state index in [1.807, 2.05) is 6.08 Å². The third-order valence-corrected chi connectivity index (χ3v) is 2.04. The third-order valence-electron chi connectivity index (χ3n) is 2.04. The Morgan fingerprint density at radius 1 is 1.50 bits per heavy atom. The summed E-state index contributed by atoms with van der Waals surface area (Å²) >= 11 is 0. The SMILES string of the molecule is C=CCCCCOc1ccc(C(=O)O)cn1. The molecular weight excluding hydrogens is 206 g/mol. The number of hydrogen-bond acceptors (Lipinski definition) is 3. The van der Waals surface area contributed by atoms with Crippen molar-refractivity contribution in [2.45, 2.75) is 19.3 Å². The summed E-state index contributed by atoms with van der Waals surface area (Å²) in [7, 11) is 0. The highest BCUT2D eigenvalue weighted by molar-refractivity contribution is 5.87. The molecule has 0 amide bonds. The van der Waals surface area contributed by atoms with Crippen molar-refractivity contribution in [1.82, 2.24) is 4.98 Å². The molecule has 0 spiro atoms. The molecule has 1 heterocycles. The lowest BCUT2D eigenvalue weighted by molar-refractivity contribution is 0.0696. The van der Waals surface area contributed by atoms with E-state index < -0.39 is 5.97 Å². The molecule has 0 aliphatic rings. The number of allylic oxidation sites excluding steroid dienone is 1. The first-order valence-electron chi connectivity index (χ1n) is 5.17. The van der Waals surface area contributed by atoms with Gasteiger partial charge in [0.15, 0.2) is 0 Å². The van der Waals surface area contributed by atoms with Crippen LogP contribution in [0.2, 0.25) is 0 Å². The van der Waals surface area contributed by atoms with E-state index in [9.17, 15) is 4.79 Å². The standard InChI is InChI=1S/C12H15NO3/c1-2-3-4-5-8-16-11-7-6-10(9-13-11)12(14)15/h2,6-7,9H,1,3-5,8H2,(H,14,15). The molecule has 0 atom stereocenters. The smallest absolute Gasteiger partial charge is 0.337 e. The van der Waals surface area contributed by atoms with Gasteiger partial charge in [-0.3, -0.25) is 0 Å². The maximum atomic E-state index is 10.6. The summed E-state index contributed by atoms with van der Waals surface area (Å²) in [5.41, 5.74) is 0.166. The van der Waals surface area contributed by atoms with E-state index >= 15 is 0 Å². The molecule has 0 aliphatic carbocycles. The zero-order valence-corrected chi connectivity index (χ0v) is 9.06. The number of rotatable bonds is 7. The molecule has 86 valence electrons. The highest BCUT2D eigenvalue weighted by Gasteiger charge is 2.02. The number of carbonyl (C=O) groups is 1. The summed E-state index contributed by atoms with van der Waals surface area (Å²) < 4.78 is 5.35. The summed E-state index contributed by atoms with van der Waals surface area (Å²) in [4.78, 5) is 14.4. The zero-order valence-electron chi connectivity index (χ0n) is 9.06. The normalized spacial score (nSPS) is 9.75. The molecule has 0 fully saturated rings. The van der Waals surface area contributed by atoms with Gasteiger partial charge in [0.25, 0.3) is 0 Å². The van der Waals surface area contributed by atoms with Gasteiger partial charge in [0.05, 0.1) is 12.2 Å². The van der Waals surface area contributed by atoms with Gasteiger partial charge in [0.1, 0.15) is 0 Å². The van der Waals surface area contributed by atoms with E-state index in [2.05, 4.69) is 11.6 Å². The maximum Gasteiger partial charge on any atom is 0.337 e. The van der Waals surface area contributed by atoms with Crippen LogP contribution < -0.4 is 4.74 Å². The van der Waals surface area contributed by atoms with E-state index in [-0.39, 0.29) is 5.56 Å². The van der Waals surface area contributed by atoms with Gasteiger partial charge in [-0.2, -0.15) is 0 Å². The van der Waals surface area contributed by atoms with Crippen molar-refractivity contribution in [3.63, 3.8) is 0 Å². The Bertz CT molecular complexity index is 346. The van der Waals surface area contributed by atoms with Crippen molar-refractivity contribution in [1.29, 1.82) is 0 Å². The number of pyridine rings is 1. The van der Waals surface area contributed by atoms with Crippen LogP contribution in [0.4, 0.5) is 0 Å². The van der Waals surface area contributed by atoms with Crippen molar-refractivity contribution in [3.05, 3.63) is 36.5 Å². The molecular formula is C12H15NO3. The number of carboxylic acid groups (broad SMARTS) is 1. The van der Waals surface area contributed by atoms with Crippen LogP contribution in [0.25, 0.3) is 0 Å². The van der Waals surface area contributed by atoms with Gasteiger partial charge >= 0.3 is 5.97 Å². The molecule has 0 radical (unpaired) electrons. The lowest BCUT2D eigenvalue weighted by Crippen LogP contribution is -2.01. The molecule has 0 aliphatic heterocycles.